The molecule has 84 valence electrons. The van der Waals surface area contributed by atoms with Gasteiger partial charge in [-0.3, -0.25) is 0 Å². The smallest absolute Gasteiger partial charge is 0.242 e. The molecule has 0 aliphatic heterocycles. The Morgan fingerprint density at radius 1 is 1.47 bits per heavy atom. The lowest BCUT2D eigenvalue weighted by Crippen LogP contribution is -2.03. The third kappa shape index (κ3) is 2.89. The summed E-state index contributed by atoms with van der Waals surface area (Å²) in [4.78, 5) is 2.73. The van der Waals surface area contributed by atoms with Crippen LogP contribution >= 0.6 is 44.9 Å². The molecule has 1 aromatic rings. The first kappa shape index (κ1) is 13.3. The van der Waals surface area contributed by atoms with Crippen LogP contribution in [0.3, 0.4) is 0 Å². The molecule has 0 bridgehead atoms. The van der Waals surface area contributed by atoms with E-state index in [2.05, 4.69) is 4.98 Å². The molecule has 0 fully saturated rings. The molecule has 1 heterocycles. The van der Waals surface area contributed by atoms with Gasteiger partial charge >= 0.3 is 0 Å². The maximum Gasteiger partial charge on any atom is 0.266 e. The summed E-state index contributed by atoms with van der Waals surface area (Å²) in [6, 6.07) is 0. The van der Waals surface area contributed by atoms with Gasteiger partial charge in [0.1, 0.15) is 10.0 Å². The van der Waals surface area contributed by atoms with Crippen LogP contribution in [-0.2, 0) is 9.05 Å². The van der Waals surface area contributed by atoms with Crippen LogP contribution in [-0.4, -0.2) is 13.4 Å². The maximum absolute atomic E-state index is 12.6. The van der Waals surface area contributed by atoms with Crippen molar-refractivity contribution in [1.29, 1.82) is 0 Å². The second-order valence-electron chi connectivity index (χ2n) is 2.38. The molecule has 0 spiro atoms. The van der Waals surface area contributed by atoms with Crippen LogP contribution in [0.1, 0.15) is 12.0 Å². The van der Waals surface area contributed by atoms with Gasteiger partial charge in [0.05, 0.1) is 9.13 Å². The van der Waals surface area contributed by atoms with Crippen molar-refractivity contribution in [3.8, 4) is 0 Å². The van der Waals surface area contributed by atoms with Crippen LogP contribution in [0.2, 0.25) is 5.15 Å². The Hall–Kier alpha value is 0.270. The molecule has 0 unspecified atom stereocenters. The van der Waals surface area contributed by atoms with Crippen molar-refractivity contribution in [2.45, 2.75) is 11.3 Å². The van der Waals surface area contributed by atoms with E-state index in [1.54, 1.807) is 0 Å². The highest BCUT2D eigenvalue weighted by molar-refractivity contribution is 14.1. The summed E-state index contributed by atoms with van der Waals surface area (Å²) in [5.74, 6) is 0. The van der Waals surface area contributed by atoms with Crippen molar-refractivity contribution >= 4 is 53.9 Å². The molecule has 1 rings (SSSR count). The molecule has 0 aliphatic carbocycles. The number of halogens is 5. The number of nitrogens with zero attached hydrogens (tertiary/aromatic N) is 1. The number of rotatable bonds is 2. The van der Waals surface area contributed by atoms with Gasteiger partial charge in [0.2, 0.25) is 0 Å². The third-order valence-electron chi connectivity index (χ3n) is 1.46. The largest absolute Gasteiger partial charge is 0.266 e. The van der Waals surface area contributed by atoms with Crippen molar-refractivity contribution in [3.63, 3.8) is 0 Å². The lowest BCUT2D eigenvalue weighted by Gasteiger charge is -2.08. The number of alkyl halides is 2. The van der Waals surface area contributed by atoms with Crippen molar-refractivity contribution in [2.24, 2.45) is 0 Å². The van der Waals surface area contributed by atoms with Crippen molar-refractivity contribution in [1.82, 2.24) is 4.98 Å². The summed E-state index contributed by atoms with van der Waals surface area (Å²) in [7, 11) is 0.733. The van der Waals surface area contributed by atoms with E-state index in [1.165, 1.54) is 22.6 Å². The monoisotopic (exact) mass is 387 g/mol. The third-order valence-corrected chi connectivity index (χ3v) is 4.51. The molecule has 0 atom stereocenters. The van der Waals surface area contributed by atoms with Crippen molar-refractivity contribution < 1.29 is 17.2 Å². The summed E-state index contributed by atoms with van der Waals surface area (Å²) >= 11 is 6.98. The molecule has 9 heteroatoms. The van der Waals surface area contributed by atoms with E-state index in [1.807, 2.05) is 0 Å². The van der Waals surface area contributed by atoms with Gasteiger partial charge in [-0.25, -0.2) is 22.2 Å². The van der Waals surface area contributed by atoms with Crippen LogP contribution in [0.15, 0.2) is 11.1 Å². The minimum Gasteiger partial charge on any atom is -0.242 e. The Kier molecular flexibility index (Phi) is 4.13. The van der Waals surface area contributed by atoms with Gasteiger partial charge in [-0.1, -0.05) is 11.6 Å². The predicted molar refractivity (Wildman–Crippen MR) is 60.0 cm³/mol. The standard InChI is InChI=1S/C6H2Cl2F2INO2S/c7-5-4(11)3(6(9)10)2(1-12-5)15(8,13)14/h1,6H. The van der Waals surface area contributed by atoms with Gasteiger partial charge in [0, 0.05) is 16.9 Å². The van der Waals surface area contributed by atoms with E-state index < -0.39 is 25.9 Å². The average Bonchev–Trinajstić information content (AvgIpc) is 2.06. The summed E-state index contributed by atoms with van der Waals surface area (Å²) < 4.78 is 47.0. The average molecular weight is 388 g/mol. The SMILES string of the molecule is O=S(=O)(Cl)c1cnc(Cl)c(I)c1C(F)F. The predicted octanol–water partition coefficient (Wildman–Crippen LogP) is 3.20. The van der Waals surface area contributed by atoms with Gasteiger partial charge in [-0.2, -0.15) is 0 Å². The quantitative estimate of drug-likeness (QED) is 0.444. The van der Waals surface area contributed by atoms with Gasteiger partial charge in [0.15, 0.2) is 0 Å². The minimum absolute atomic E-state index is 0.119. The molecule has 3 nitrogen and oxygen atoms in total. The maximum atomic E-state index is 12.6. The zero-order valence-electron chi connectivity index (χ0n) is 6.72. The number of hydrogen-bond acceptors (Lipinski definition) is 3. The van der Waals surface area contributed by atoms with Crippen molar-refractivity contribution in [3.05, 3.63) is 20.5 Å². The van der Waals surface area contributed by atoms with Crippen LogP contribution in [0, 0.1) is 3.57 Å². The lowest BCUT2D eigenvalue weighted by atomic mass is 10.3. The first-order valence-electron chi connectivity index (χ1n) is 3.32. The van der Waals surface area contributed by atoms with Gasteiger partial charge in [0.25, 0.3) is 15.5 Å². The van der Waals surface area contributed by atoms with E-state index in [0.717, 1.165) is 0 Å². The summed E-state index contributed by atoms with van der Waals surface area (Å²) in [6.07, 6.45) is -2.27. The zero-order valence-corrected chi connectivity index (χ0v) is 11.2. The normalized spacial score (nSPS) is 12.1. The summed E-state index contributed by atoms with van der Waals surface area (Å²) in [5.41, 5.74) is -0.717. The van der Waals surface area contributed by atoms with Gasteiger partial charge in [-0.05, 0) is 22.6 Å². The zero-order chi connectivity index (χ0) is 11.8. The Morgan fingerprint density at radius 3 is 2.40 bits per heavy atom. The Balaban J connectivity index is 3.62. The fourth-order valence-electron chi connectivity index (χ4n) is 0.858. The van der Waals surface area contributed by atoms with Gasteiger partial charge < -0.3 is 0 Å². The highest BCUT2D eigenvalue weighted by atomic mass is 127. The van der Waals surface area contributed by atoms with Crippen molar-refractivity contribution in [2.75, 3.05) is 0 Å². The minimum atomic E-state index is -4.25. The molecule has 0 N–H and O–H groups in total. The fourth-order valence-corrected chi connectivity index (χ4v) is 2.86. The van der Waals surface area contributed by atoms with Gasteiger partial charge in [-0.15, -0.1) is 0 Å². The van der Waals surface area contributed by atoms with E-state index in [0.29, 0.717) is 6.20 Å². The molecule has 0 amide bonds. The highest BCUT2D eigenvalue weighted by Crippen LogP contribution is 2.34. The molecule has 0 aliphatic rings. The highest BCUT2D eigenvalue weighted by Gasteiger charge is 2.26. The molecule has 0 radical (unpaired) electrons. The lowest BCUT2D eigenvalue weighted by molar-refractivity contribution is 0.147. The fraction of sp³-hybridized carbons (Fsp3) is 0.167. The molecule has 0 aromatic carbocycles. The first-order valence-corrected chi connectivity index (χ1v) is 7.08. The summed E-state index contributed by atoms with van der Waals surface area (Å²) in [6.45, 7) is 0. The molecule has 15 heavy (non-hydrogen) atoms. The van der Waals surface area contributed by atoms with E-state index in [4.69, 9.17) is 22.3 Å². The second kappa shape index (κ2) is 4.64. The molecule has 0 saturated heterocycles. The molecule has 0 saturated carbocycles. The summed E-state index contributed by atoms with van der Waals surface area (Å²) in [5, 5.41) is -0.185. The van der Waals surface area contributed by atoms with Crippen LogP contribution in [0.4, 0.5) is 8.78 Å². The Bertz CT molecular complexity index is 494. The van der Waals surface area contributed by atoms with Crippen LogP contribution in [0.5, 0.6) is 0 Å². The van der Waals surface area contributed by atoms with Crippen LogP contribution in [0.25, 0.3) is 0 Å². The molecular formula is C6H2Cl2F2INO2S. The number of pyridine rings is 1. The van der Waals surface area contributed by atoms with E-state index in [9.17, 15) is 17.2 Å². The number of aromatic nitrogens is 1. The second-order valence-corrected chi connectivity index (χ2v) is 6.35. The Labute approximate surface area is 107 Å². The first-order chi connectivity index (χ1) is 6.75. The van der Waals surface area contributed by atoms with E-state index >= 15 is 0 Å². The van der Waals surface area contributed by atoms with Crippen LogP contribution < -0.4 is 0 Å². The number of hydrogen-bond donors (Lipinski definition) is 0. The topological polar surface area (TPSA) is 47.0 Å². The van der Waals surface area contributed by atoms with E-state index in [-0.39, 0.29) is 8.72 Å². The molecular weight excluding hydrogens is 386 g/mol. The molecule has 1 aromatic heterocycles. The Morgan fingerprint density at radius 2 is 2.00 bits per heavy atom.